The quantitative estimate of drug-likeness (QED) is 0.133. The molecule has 4 saturated carbocycles. The fraction of sp³-hybridized carbons (Fsp3) is 0.892. The maximum absolute atomic E-state index is 12.8. The minimum atomic E-state index is -1.68. The molecule has 0 amide bonds. The van der Waals surface area contributed by atoms with E-state index in [1.165, 1.54) is 13.0 Å². The van der Waals surface area contributed by atoms with Gasteiger partial charge in [-0.3, -0.25) is 4.79 Å². The van der Waals surface area contributed by atoms with E-state index in [2.05, 4.69) is 13.8 Å². The third-order valence-electron chi connectivity index (χ3n) is 14.4. The SMILES string of the molecule is CC(=O)O[C@H]1C[C@]2(O)[C@H]3CC[C@@H]4C[C@@H](O[C@@H]5O[C@H](C)[C@@H](O[C@@H]6O[C@H](CO)[C@@H](O)[C@H](O)[C@H]6O)[C@H](O)[C@H]5O)CC[C@]4(C)[C@@H]3CC[C@]2(C)[C@H]1C1=CC(=O)OC1. The first-order valence-corrected chi connectivity index (χ1v) is 18.9. The molecular weight excluding hydrogens is 684 g/mol. The highest BCUT2D eigenvalue weighted by atomic mass is 16.7. The number of aliphatic hydroxyl groups excluding tert-OH is 6. The van der Waals surface area contributed by atoms with Gasteiger partial charge in [0.1, 0.15) is 55.4 Å². The summed E-state index contributed by atoms with van der Waals surface area (Å²) in [6.45, 7) is 6.90. The van der Waals surface area contributed by atoms with Crippen molar-refractivity contribution in [3.05, 3.63) is 11.6 Å². The first-order chi connectivity index (χ1) is 24.5. The van der Waals surface area contributed by atoms with Crippen LogP contribution in [0.2, 0.25) is 0 Å². The Balaban J connectivity index is 1.01. The van der Waals surface area contributed by atoms with Crippen LogP contribution in [-0.2, 0) is 38.0 Å². The van der Waals surface area contributed by atoms with E-state index in [1.807, 2.05) is 0 Å². The molecule has 0 aromatic carbocycles. The average Bonchev–Trinajstić information content (AvgIpc) is 3.61. The number of ether oxygens (including phenoxy) is 6. The van der Waals surface area contributed by atoms with Crippen molar-refractivity contribution >= 4 is 11.9 Å². The lowest BCUT2D eigenvalue weighted by Crippen LogP contribution is -2.64. The molecule has 15 nitrogen and oxygen atoms in total. The van der Waals surface area contributed by atoms with Gasteiger partial charge in [-0.15, -0.1) is 0 Å². The van der Waals surface area contributed by atoms with Crippen molar-refractivity contribution in [3.8, 4) is 0 Å². The number of cyclic esters (lactones) is 1. The monoisotopic (exact) mass is 740 g/mol. The number of rotatable bonds is 7. The Morgan fingerprint density at radius 3 is 2.29 bits per heavy atom. The third-order valence-corrected chi connectivity index (χ3v) is 14.4. The molecule has 7 N–H and O–H groups in total. The molecule has 0 radical (unpaired) electrons. The van der Waals surface area contributed by atoms with Crippen LogP contribution in [0.5, 0.6) is 0 Å². The molecule has 2 saturated heterocycles. The molecule has 0 spiro atoms. The fourth-order valence-corrected chi connectivity index (χ4v) is 11.7. The molecular formula is C37H56O15. The van der Waals surface area contributed by atoms with Gasteiger partial charge in [-0.05, 0) is 80.6 Å². The molecule has 52 heavy (non-hydrogen) atoms. The lowest BCUT2D eigenvalue weighted by Gasteiger charge is -2.63. The van der Waals surface area contributed by atoms with E-state index in [0.717, 1.165) is 31.3 Å². The van der Waals surface area contributed by atoms with Gasteiger partial charge in [-0.1, -0.05) is 13.8 Å². The molecule has 3 aliphatic heterocycles. The van der Waals surface area contributed by atoms with E-state index in [-0.39, 0.29) is 41.8 Å². The number of carbonyl (C=O) groups is 2. The summed E-state index contributed by atoms with van der Waals surface area (Å²) in [5, 5.41) is 75.2. The summed E-state index contributed by atoms with van der Waals surface area (Å²) in [6, 6.07) is 0. The Bertz CT molecular complexity index is 1390. The van der Waals surface area contributed by atoms with Crippen molar-refractivity contribution in [1.29, 1.82) is 0 Å². The Labute approximate surface area is 303 Å². The second-order valence-electron chi connectivity index (χ2n) is 17.1. The van der Waals surface area contributed by atoms with Gasteiger partial charge in [0.25, 0.3) is 0 Å². The van der Waals surface area contributed by atoms with Gasteiger partial charge in [0.15, 0.2) is 12.6 Å². The van der Waals surface area contributed by atoms with Crippen LogP contribution < -0.4 is 0 Å². The molecule has 4 aliphatic carbocycles. The summed E-state index contributed by atoms with van der Waals surface area (Å²) in [6.07, 6.45) is -7.32. The summed E-state index contributed by atoms with van der Waals surface area (Å²) < 4.78 is 34.7. The highest BCUT2D eigenvalue weighted by Crippen LogP contribution is 2.70. The van der Waals surface area contributed by atoms with Crippen molar-refractivity contribution in [1.82, 2.24) is 0 Å². The maximum Gasteiger partial charge on any atom is 0.331 e. The van der Waals surface area contributed by atoms with Crippen molar-refractivity contribution in [2.24, 2.45) is 34.5 Å². The van der Waals surface area contributed by atoms with Crippen LogP contribution in [0.15, 0.2) is 11.6 Å². The predicted octanol–water partition coefficient (Wildman–Crippen LogP) is -0.178. The second-order valence-corrected chi connectivity index (χ2v) is 17.1. The van der Waals surface area contributed by atoms with E-state index in [0.29, 0.717) is 25.7 Å². The Hall–Kier alpha value is -1.76. The molecule has 19 atom stereocenters. The molecule has 0 aromatic rings. The first kappa shape index (κ1) is 38.5. The lowest BCUT2D eigenvalue weighted by atomic mass is 9.43. The zero-order chi connectivity index (χ0) is 37.5. The van der Waals surface area contributed by atoms with Crippen molar-refractivity contribution in [2.45, 2.75) is 158 Å². The Kier molecular flexibility index (Phi) is 10.4. The van der Waals surface area contributed by atoms with Gasteiger partial charge in [-0.2, -0.15) is 0 Å². The molecule has 0 bridgehead atoms. The van der Waals surface area contributed by atoms with Crippen molar-refractivity contribution in [2.75, 3.05) is 13.2 Å². The minimum absolute atomic E-state index is 0.0215. The summed E-state index contributed by atoms with van der Waals surface area (Å²) in [4.78, 5) is 24.3. The van der Waals surface area contributed by atoms with Gasteiger partial charge >= 0.3 is 11.9 Å². The highest BCUT2D eigenvalue weighted by Gasteiger charge is 2.71. The summed E-state index contributed by atoms with van der Waals surface area (Å²) in [5.74, 6) is -0.667. The van der Waals surface area contributed by atoms with Gasteiger partial charge in [0.05, 0.1) is 24.4 Å². The number of hydrogen-bond acceptors (Lipinski definition) is 15. The standard InChI is InChI=1S/C37H56O15/c1-16-32(52-34-30(44)28(42)27(41)24(14-38)51-34)29(43)31(45)33(48-16)50-20-7-9-35(3)19(12-20)5-6-22-21(35)8-10-36(4)26(18-11-25(40)47-15-18)23(49-17(2)39)13-37(22,36)46/h11,16,19-24,26-34,38,41-46H,5-10,12-15H2,1-4H3/t16-,19-,20+,21-,22+,23+,24-,26+,27-,28+,29-,30-,31-,32-,33+,34+,35+,36-,37+/m1/s1. The number of carbonyl (C=O) groups excluding carboxylic acids is 2. The zero-order valence-electron chi connectivity index (χ0n) is 30.3. The van der Waals surface area contributed by atoms with Gasteiger partial charge in [0.2, 0.25) is 0 Å². The second kappa shape index (κ2) is 14.1. The average molecular weight is 741 g/mol. The Morgan fingerprint density at radius 1 is 0.904 bits per heavy atom. The molecule has 0 unspecified atom stereocenters. The normalized spacial score (nSPS) is 53.3. The molecule has 7 rings (SSSR count). The van der Waals surface area contributed by atoms with Gasteiger partial charge in [-0.25, -0.2) is 4.79 Å². The maximum atomic E-state index is 12.8. The van der Waals surface area contributed by atoms with Gasteiger partial charge in [0, 0.05) is 30.8 Å². The topological polar surface area (TPSA) is 231 Å². The van der Waals surface area contributed by atoms with Crippen LogP contribution >= 0.6 is 0 Å². The van der Waals surface area contributed by atoms with Crippen LogP contribution in [0.25, 0.3) is 0 Å². The van der Waals surface area contributed by atoms with E-state index in [1.54, 1.807) is 6.92 Å². The molecule has 3 heterocycles. The minimum Gasteiger partial charge on any atom is -0.462 e. The zero-order valence-corrected chi connectivity index (χ0v) is 30.3. The Morgan fingerprint density at radius 2 is 1.62 bits per heavy atom. The third kappa shape index (κ3) is 6.16. The van der Waals surface area contributed by atoms with Crippen LogP contribution in [0.4, 0.5) is 0 Å². The van der Waals surface area contributed by atoms with Crippen LogP contribution in [0.3, 0.4) is 0 Å². The highest BCUT2D eigenvalue weighted by molar-refractivity contribution is 5.85. The van der Waals surface area contributed by atoms with E-state index in [4.69, 9.17) is 28.4 Å². The van der Waals surface area contributed by atoms with E-state index < -0.39 is 97.1 Å². The molecule has 6 fully saturated rings. The first-order valence-electron chi connectivity index (χ1n) is 18.9. The number of fused-ring (bicyclic) bond motifs is 5. The fourth-order valence-electron chi connectivity index (χ4n) is 11.7. The smallest absolute Gasteiger partial charge is 0.331 e. The molecule has 15 heteroatoms. The predicted molar refractivity (Wildman–Crippen MR) is 177 cm³/mol. The van der Waals surface area contributed by atoms with Crippen LogP contribution in [-0.4, -0.2) is 140 Å². The van der Waals surface area contributed by atoms with Crippen LogP contribution in [0, 0.1) is 34.5 Å². The largest absolute Gasteiger partial charge is 0.462 e. The number of esters is 2. The summed E-state index contributed by atoms with van der Waals surface area (Å²) in [7, 11) is 0. The van der Waals surface area contributed by atoms with E-state index in [9.17, 15) is 45.3 Å². The summed E-state index contributed by atoms with van der Waals surface area (Å²) in [5.41, 5.74) is -1.02. The lowest BCUT2D eigenvalue weighted by molar-refractivity contribution is -0.360. The number of hydrogen-bond donors (Lipinski definition) is 7. The van der Waals surface area contributed by atoms with E-state index >= 15 is 0 Å². The van der Waals surface area contributed by atoms with Crippen LogP contribution in [0.1, 0.15) is 79.1 Å². The summed E-state index contributed by atoms with van der Waals surface area (Å²) >= 11 is 0. The van der Waals surface area contributed by atoms with Crippen molar-refractivity contribution < 1.29 is 73.8 Å². The molecule has 294 valence electrons. The van der Waals surface area contributed by atoms with Gasteiger partial charge < -0.3 is 64.2 Å². The number of aliphatic hydroxyl groups is 7. The molecule has 7 aliphatic rings. The molecule has 0 aromatic heterocycles. The van der Waals surface area contributed by atoms with Crippen molar-refractivity contribution in [3.63, 3.8) is 0 Å².